The summed E-state index contributed by atoms with van der Waals surface area (Å²) in [6.45, 7) is 0. The second kappa shape index (κ2) is 9.83. The second-order valence-electron chi connectivity index (χ2n) is 16.4. The molecule has 0 N–H and O–H groups in total. The number of rotatable bonds is 2. The van der Waals surface area contributed by atoms with Crippen molar-refractivity contribution in [3.05, 3.63) is 145 Å². The van der Waals surface area contributed by atoms with Crippen molar-refractivity contribution in [3.8, 4) is 56.0 Å². The zero-order valence-electron chi connectivity index (χ0n) is 28.9. The van der Waals surface area contributed by atoms with Crippen molar-refractivity contribution in [2.45, 2.75) is 37.5 Å². The third-order valence-corrected chi connectivity index (χ3v) is 14.1. The van der Waals surface area contributed by atoms with E-state index < -0.39 is 0 Å². The first kappa shape index (κ1) is 28.0. The Balaban J connectivity index is 1.00. The molecule has 7 aromatic carbocycles. The van der Waals surface area contributed by atoms with Crippen LogP contribution in [0.1, 0.15) is 43.2 Å². The van der Waals surface area contributed by atoms with Crippen LogP contribution in [0, 0.1) is 23.7 Å². The van der Waals surface area contributed by atoms with Crippen molar-refractivity contribution in [1.29, 1.82) is 0 Å². The van der Waals surface area contributed by atoms with Crippen LogP contribution < -0.4 is 4.74 Å². The van der Waals surface area contributed by atoms with Crippen LogP contribution in [0.2, 0.25) is 0 Å². The van der Waals surface area contributed by atoms with Crippen LogP contribution in [0.4, 0.5) is 0 Å². The normalized spacial score (nSPS) is 24.4. The van der Waals surface area contributed by atoms with Crippen molar-refractivity contribution in [3.63, 3.8) is 0 Å². The van der Waals surface area contributed by atoms with E-state index in [0.29, 0.717) is 0 Å². The van der Waals surface area contributed by atoms with Gasteiger partial charge in [0.2, 0.25) is 0 Å². The summed E-state index contributed by atoms with van der Waals surface area (Å²) in [7, 11) is 0. The molecule has 1 aliphatic heterocycles. The lowest BCUT2D eigenvalue weighted by Gasteiger charge is -2.61. The Kier molecular flexibility index (Phi) is 5.30. The Morgan fingerprint density at radius 3 is 2.02 bits per heavy atom. The maximum absolute atomic E-state index is 6.75. The van der Waals surface area contributed by atoms with Gasteiger partial charge in [-0.1, -0.05) is 109 Å². The highest BCUT2D eigenvalue weighted by Gasteiger charge is 2.61. The minimum atomic E-state index is 0.156. The van der Waals surface area contributed by atoms with Gasteiger partial charge >= 0.3 is 0 Å². The molecular weight excluding hydrogens is 633 g/mol. The molecule has 14 rings (SSSR count). The second-order valence-corrected chi connectivity index (χ2v) is 16.4. The van der Waals surface area contributed by atoms with E-state index in [0.717, 1.165) is 73.8 Å². The first-order valence-corrected chi connectivity index (χ1v) is 19.3. The lowest BCUT2D eigenvalue weighted by Crippen LogP contribution is -2.55. The minimum Gasteiger partial charge on any atom is -0.456 e. The van der Waals surface area contributed by atoms with Crippen molar-refractivity contribution in [1.82, 2.24) is 0 Å². The van der Waals surface area contributed by atoms with Gasteiger partial charge in [-0.15, -0.1) is 0 Å². The highest BCUT2D eigenvalue weighted by molar-refractivity contribution is 6.13. The Morgan fingerprint density at radius 1 is 0.462 bits per heavy atom. The van der Waals surface area contributed by atoms with E-state index in [9.17, 15) is 0 Å². The number of ether oxygens (including phenoxy) is 1. The van der Waals surface area contributed by atoms with E-state index >= 15 is 0 Å². The first-order valence-electron chi connectivity index (χ1n) is 19.3. The predicted molar refractivity (Wildman–Crippen MR) is 211 cm³/mol. The van der Waals surface area contributed by atoms with Crippen LogP contribution in [0.3, 0.4) is 0 Å². The van der Waals surface area contributed by atoms with Gasteiger partial charge in [-0.05, 0) is 130 Å². The van der Waals surface area contributed by atoms with E-state index in [2.05, 4.69) is 127 Å². The van der Waals surface area contributed by atoms with Gasteiger partial charge in [-0.25, -0.2) is 0 Å². The molecule has 8 aromatic rings. The van der Waals surface area contributed by atoms with Crippen LogP contribution in [-0.2, 0) is 5.41 Å². The molecule has 4 fully saturated rings. The summed E-state index contributed by atoms with van der Waals surface area (Å²) in [4.78, 5) is 0. The summed E-state index contributed by atoms with van der Waals surface area (Å²) in [5, 5.41) is 4.74. The van der Waals surface area contributed by atoms with Gasteiger partial charge in [-0.2, -0.15) is 0 Å². The third-order valence-electron chi connectivity index (χ3n) is 14.1. The molecule has 0 radical (unpaired) electrons. The van der Waals surface area contributed by atoms with Crippen molar-refractivity contribution in [2.24, 2.45) is 23.7 Å². The van der Waals surface area contributed by atoms with Gasteiger partial charge in [0.05, 0.1) is 0 Å². The molecule has 4 bridgehead atoms. The number of hydrogen-bond donors (Lipinski definition) is 0. The van der Waals surface area contributed by atoms with Gasteiger partial charge < -0.3 is 9.15 Å². The molecule has 2 heterocycles. The number of hydrogen-bond acceptors (Lipinski definition) is 2. The zero-order chi connectivity index (χ0) is 33.7. The molecule has 2 heteroatoms. The van der Waals surface area contributed by atoms with Crippen LogP contribution in [0.5, 0.6) is 11.5 Å². The fourth-order valence-corrected chi connectivity index (χ4v) is 12.4. The zero-order valence-corrected chi connectivity index (χ0v) is 28.9. The fraction of sp³-hybridized carbons (Fsp3) is 0.200. The Hall–Kier alpha value is -5.60. The van der Waals surface area contributed by atoms with Crippen LogP contribution in [-0.4, -0.2) is 0 Å². The molecule has 6 aliphatic rings. The topological polar surface area (TPSA) is 22.4 Å². The van der Waals surface area contributed by atoms with E-state index in [1.807, 2.05) is 6.07 Å². The predicted octanol–water partition coefficient (Wildman–Crippen LogP) is 13.6. The molecule has 52 heavy (non-hydrogen) atoms. The molecule has 0 amide bonds. The molecule has 0 unspecified atom stereocenters. The van der Waals surface area contributed by atoms with Crippen molar-refractivity contribution >= 4 is 32.7 Å². The number of furan rings is 1. The van der Waals surface area contributed by atoms with E-state index in [1.54, 1.807) is 11.1 Å². The number of benzene rings is 7. The third kappa shape index (κ3) is 3.42. The van der Waals surface area contributed by atoms with Crippen molar-refractivity contribution < 1.29 is 9.15 Å². The van der Waals surface area contributed by atoms with Crippen LogP contribution in [0.15, 0.2) is 138 Å². The van der Waals surface area contributed by atoms with E-state index in [-0.39, 0.29) is 5.41 Å². The molecule has 0 saturated heterocycles. The maximum atomic E-state index is 6.75. The number of fused-ring (bicyclic) bond motifs is 8. The van der Waals surface area contributed by atoms with Crippen LogP contribution >= 0.6 is 0 Å². The minimum absolute atomic E-state index is 0.156. The smallest absolute Gasteiger partial charge is 0.143 e. The van der Waals surface area contributed by atoms with Gasteiger partial charge in [0.15, 0.2) is 0 Å². The molecule has 248 valence electrons. The molecular formula is C50H36O2. The highest BCUT2D eigenvalue weighted by atomic mass is 16.5. The highest BCUT2D eigenvalue weighted by Crippen LogP contribution is 2.70. The SMILES string of the molecule is c1ccc2c(c1)-c1c(-c3ccc4c5c(cccc35)-c3cc(-c5cccc6c5oc5ccccc56)ccc3O4)cccc1C21C2CC3CC(C2)CC1C3. The maximum Gasteiger partial charge on any atom is 0.143 e. The quantitative estimate of drug-likeness (QED) is 0.183. The lowest BCUT2D eigenvalue weighted by molar-refractivity contribution is -0.0399. The monoisotopic (exact) mass is 668 g/mol. The number of para-hydroxylation sites is 2. The Morgan fingerprint density at radius 2 is 1.13 bits per heavy atom. The van der Waals surface area contributed by atoms with Gasteiger partial charge in [0, 0.05) is 32.7 Å². The van der Waals surface area contributed by atoms with Crippen LogP contribution in [0.25, 0.3) is 77.2 Å². The summed E-state index contributed by atoms with van der Waals surface area (Å²) in [6.07, 6.45) is 7.07. The van der Waals surface area contributed by atoms with Gasteiger partial charge in [0.25, 0.3) is 0 Å². The van der Waals surface area contributed by atoms with Crippen molar-refractivity contribution in [2.75, 3.05) is 0 Å². The fourth-order valence-electron chi connectivity index (χ4n) is 12.4. The summed E-state index contributed by atoms with van der Waals surface area (Å²) in [5.41, 5.74) is 15.4. The van der Waals surface area contributed by atoms with E-state index in [1.165, 1.54) is 70.7 Å². The van der Waals surface area contributed by atoms with Gasteiger partial charge in [-0.3, -0.25) is 0 Å². The summed E-state index contributed by atoms with van der Waals surface area (Å²) in [5.74, 6) is 5.20. The summed E-state index contributed by atoms with van der Waals surface area (Å²) >= 11 is 0. The first-order chi connectivity index (χ1) is 25.7. The van der Waals surface area contributed by atoms with E-state index in [4.69, 9.17) is 9.15 Å². The molecule has 1 aromatic heterocycles. The molecule has 2 nitrogen and oxygen atoms in total. The largest absolute Gasteiger partial charge is 0.456 e. The summed E-state index contributed by atoms with van der Waals surface area (Å²) < 4.78 is 13.2. The lowest BCUT2D eigenvalue weighted by atomic mass is 9.43. The Labute approximate surface area is 302 Å². The average molecular weight is 669 g/mol. The molecule has 4 saturated carbocycles. The molecule has 5 aliphatic carbocycles. The standard InChI is InChI=1S/C50H36O2/c1-3-15-42-40(9-1)47-36(13-7-16-43(47)50(42)31-23-28-22-29(25-31)26-32(50)24-28)34-19-21-46-48-37(34)11-6-12-38(48)41-27-30(18-20-45(41)51-46)33-10-5-14-39-35-8-2-4-17-44(35)52-49(33)39/h1-21,27-29,31-32H,22-26H2. The summed E-state index contributed by atoms with van der Waals surface area (Å²) in [6, 6.07) is 49.5. The average Bonchev–Trinajstić information content (AvgIpc) is 3.71. The molecule has 1 spiro atoms. The Bertz CT molecular complexity index is 2820. The molecule has 0 atom stereocenters. The van der Waals surface area contributed by atoms with Gasteiger partial charge in [0.1, 0.15) is 22.7 Å².